The Bertz CT molecular complexity index is 119. The summed E-state index contributed by atoms with van der Waals surface area (Å²) in [7, 11) is 0. The van der Waals surface area contributed by atoms with Crippen molar-refractivity contribution in [3.8, 4) is 0 Å². The lowest BCUT2D eigenvalue weighted by Crippen LogP contribution is -2.40. The molecule has 0 atom stereocenters. The molecular formula is C10H20ClN. The molecule has 0 radical (unpaired) electrons. The average Bonchev–Trinajstić information content (AvgIpc) is 2.51. The zero-order valence-electron chi connectivity index (χ0n) is 8.22. The molecule has 1 fully saturated rings. The Morgan fingerprint density at radius 1 is 1.33 bits per heavy atom. The summed E-state index contributed by atoms with van der Waals surface area (Å²) < 4.78 is 0. The average molecular weight is 190 g/mol. The van der Waals surface area contributed by atoms with Crippen molar-refractivity contribution in [1.82, 2.24) is 4.90 Å². The zero-order valence-corrected chi connectivity index (χ0v) is 8.98. The van der Waals surface area contributed by atoms with Crippen LogP contribution >= 0.6 is 11.6 Å². The molecule has 0 aromatic rings. The van der Waals surface area contributed by atoms with E-state index in [1.807, 2.05) is 0 Å². The number of nitrogens with zero attached hydrogens (tertiary/aromatic N) is 1. The van der Waals surface area contributed by atoms with Gasteiger partial charge in [0.2, 0.25) is 0 Å². The van der Waals surface area contributed by atoms with Crippen LogP contribution < -0.4 is 0 Å². The van der Waals surface area contributed by atoms with Gasteiger partial charge in [0.1, 0.15) is 0 Å². The molecule has 1 aliphatic carbocycles. The van der Waals surface area contributed by atoms with Crippen LogP contribution in [0.4, 0.5) is 0 Å². The Labute approximate surface area is 81.1 Å². The minimum absolute atomic E-state index is 0.659. The maximum absolute atomic E-state index is 5.78. The van der Waals surface area contributed by atoms with E-state index in [1.54, 1.807) is 0 Å². The van der Waals surface area contributed by atoms with Crippen LogP contribution in [0.25, 0.3) is 0 Å². The molecule has 0 bridgehead atoms. The third-order valence-electron chi connectivity index (χ3n) is 2.80. The van der Waals surface area contributed by atoms with Crippen molar-refractivity contribution in [1.29, 1.82) is 0 Å². The molecule has 0 N–H and O–H groups in total. The summed E-state index contributed by atoms with van der Waals surface area (Å²) in [5.74, 6) is 0.773. The van der Waals surface area contributed by atoms with Gasteiger partial charge in [0, 0.05) is 24.5 Å². The molecule has 12 heavy (non-hydrogen) atoms. The summed E-state index contributed by atoms with van der Waals surface area (Å²) in [6, 6.07) is 1.48. The molecule has 1 nitrogen and oxygen atoms in total. The minimum atomic E-state index is 0.659. The zero-order chi connectivity index (χ0) is 8.97. The molecule has 0 spiro atoms. The summed E-state index contributed by atoms with van der Waals surface area (Å²) in [6.07, 6.45) is 5.59. The van der Waals surface area contributed by atoms with Crippen LogP contribution in [0.15, 0.2) is 0 Å². The minimum Gasteiger partial charge on any atom is -0.297 e. The summed E-state index contributed by atoms with van der Waals surface area (Å²) in [5, 5.41) is 0. The van der Waals surface area contributed by atoms with E-state index in [-0.39, 0.29) is 0 Å². The number of alkyl halides is 1. The first kappa shape index (κ1) is 10.3. The van der Waals surface area contributed by atoms with Crippen molar-refractivity contribution in [2.24, 2.45) is 0 Å². The molecule has 0 heterocycles. The predicted octanol–water partition coefficient (Wildman–Crippen LogP) is 2.88. The third-order valence-corrected chi connectivity index (χ3v) is 2.97. The third kappa shape index (κ3) is 2.63. The normalized spacial score (nSPS) is 19.8. The fourth-order valence-electron chi connectivity index (χ4n) is 2.20. The van der Waals surface area contributed by atoms with Crippen LogP contribution in [-0.4, -0.2) is 29.4 Å². The molecular weight excluding hydrogens is 170 g/mol. The van der Waals surface area contributed by atoms with E-state index in [4.69, 9.17) is 11.6 Å². The lowest BCUT2D eigenvalue weighted by atomic mass is 10.1. The van der Waals surface area contributed by atoms with Crippen LogP contribution in [-0.2, 0) is 0 Å². The standard InChI is InChI=1S/C10H20ClN/c1-9(2)12(8-7-11)10-5-3-4-6-10/h9-10H,3-8H2,1-2H3. The van der Waals surface area contributed by atoms with E-state index in [0.717, 1.165) is 18.5 Å². The molecule has 0 aliphatic heterocycles. The van der Waals surface area contributed by atoms with Crippen LogP contribution in [0, 0.1) is 0 Å². The van der Waals surface area contributed by atoms with Gasteiger partial charge in [-0.2, -0.15) is 0 Å². The topological polar surface area (TPSA) is 3.24 Å². The van der Waals surface area contributed by atoms with Crippen molar-refractivity contribution in [2.45, 2.75) is 51.6 Å². The van der Waals surface area contributed by atoms with Gasteiger partial charge in [0.25, 0.3) is 0 Å². The van der Waals surface area contributed by atoms with Crippen molar-refractivity contribution in [2.75, 3.05) is 12.4 Å². The first-order valence-electron chi connectivity index (χ1n) is 5.07. The van der Waals surface area contributed by atoms with E-state index in [0.29, 0.717) is 6.04 Å². The number of hydrogen-bond donors (Lipinski definition) is 0. The molecule has 1 rings (SSSR count). The Morgan fingerprint density at radius 3 is 2.33 bits per heavy atom. The van der Waals surface area contributed by atoms with Crippen molar-refractivity contribution in [3.05, 3.63) is 0 Å². The van der Waals surface area contributed by atoms with E-state index >= 15 is 0 Å². The second kappa shape index (κ2) is 5.08. The monoisotopic (exact) mass is 189 g/mol. The Kier molecular flexibility index (Phi) is 4.38. The number of halogens is 1. The van der Waals surface area contributed by atoms with Crippen LogP contribution in [0.3, 0.4) is 0 Å². The molecule has 0 amide bonds. The highest BCUT2D eigenvalue weighted by Crippen LogP contribution is 2.24. The molecule has 0 saturated heterocycles. The molecule has 0 aromatic heterocycles. The van der Waals surface area contributed by atoms with Crippen LogP contribution in [0.2, 0.25) is 0 Å². The van der Waals surface area contributed by atoms with E-state index in [1.165, 1.54) is 25.7 Å². The van der Waals surface area contributed by atoms with Gasteiger partial charge in [-0.15, -0.1) is 11.6 Å². The molecule has 0 unspecified atom stereocenters. The fourth-order valence-corrected chi connectivity index (χ4v) is 2.39. The largest absolute Gasteiger partial charge is 0.297 e. The summed E-state index contributed by atoms with van der Waals surface area (Å²) in [5.41, 5.74) is 0. The van der Waals surface area contributed by atoms with Crippen molar-refractivity contribution >= 4 is 11.6 Å². The highest BCUT2D eigenvalue weighted by Gasteiger charge is 2.23. The van der Waals surface area contributed by atoms with Gasteiger partial charge < -0.3 is 0 Å². The van der Waals surface area contributed by atoms with E-state index in [2.05, 4.69) is 18.7 Å². The van der Waals surface area contributed by atoms with Crippen molar-refractivity contribution in [3.63, 3.8) is 0 Å². The molecule has 1 saturated carbocycles. The summed E-state index contributed by atoms with van der Waals surface area (Å²) in [6.45, 7) is 5.60. The second-order valence-electron chi connectivity index (χ2n) is 3.96. The fraction of sp³-hybridized carbons (Fsp3) is 1.00. The summed E-state index contributed by atoms with van der Waals surface area (Å²) in [4.78, 5) is 2.56. The lowest BCUT2D eigenvalue weighted by Gasteiger charge is -2.31. The Hall–Kier alpha value is 0.250. The maximum atomic E-state index is 5.78. The first-order valence-corrected chi connectivity index (χ1v) is 5.61. The van der Waals surface area contributed by atoms with Gasteiger partial charge in [0.05, 0.1) is 0 Å². The number of rotatable bonds is 4. The smallest absolute Gasteiger partial charge is 0.0351 e. The lowest BCUT2D eigenvalue weighted by molar-refractivity contribution is 0.166. The molecule has 1 aliphatic rings. The molecule has 0 aromatic carbocycles. The van der Waals surface area contributed by atoms with Crippen LogP contribution in [0.5, 0.6) is 0 Å². The Balaban J connectivity index is 2.40. The second-order valence-corrected chi connectivity index (χ2v) is 4.34. The van der Waals surface area contributed by atoms with Gasteiger partial charge in [-0.25, -0.2) is 0 Å². The highest BCUT2D eigenvalue weighted by molar-refractivity contribution is 6.18. The van der Waals surface area contributed by atoms with Gasteiger partial charge in [-0.05, 0) is 26.7 Å². The van der Waals surface area contributed by atoms with E-state index < -0.39 is 0 Å². The molecule has 2 heteroatoms. The van der Waals surface area contributed by atoms with Gasteiger partial charge >= 0.3 is 0 Å². The molecule has 72 valence electrons. The van der Waals surface area contributed by atoms with Gasteiger partial charge in [0.15, 0.2) is 0 Å². The maximum Gasteiger partial charge on any atom is 0.0351 e. The van der Waals surface area contributed by atoms with Gasteiger partial charge in [-0.1, -0.05) is 12.8 Å². The first-order chi connectivity index (χ1) is 5.75. The predicted molar refractivity (Wildman–Crippen MR) is 54.8 cm³/mol. The van der Waals surface area contributed by atoms with E-state index in [9.17, 15) is 0 Å². The SMILES string of the molecule is CC(C)N(CCCl)C1CCCC1. The van der Waals surface area contributed by atoms with Crippen molar-refractivity contribution < 1.29 is 0 Å². The quantitative estimate of drug-likeness (QED) is 0.615. The Morgan fingerprint density at radius 2 is 1.92 bits per heavy atom. The van der Waals surface area contributed by atoms with Gasteiger partial charge in [-0.3, -0.25) is 4.90 Å². The van der Waals surface area contributed by atoms with Crippen LogP contribution in [0.1, 0.15) is 39.5 Å². The number of hydrogen-bond acceptors (Lipinski definition) is 1. The highest BCUT2D eigenvalue weighted by atomic mass is 35.5. The summed E-state index contributed by atoms with van der Waals surface area (Å²) >= 11 is 5.78.